The van der Waals surface area contributed by atoms with Crippen LogP contribution in [-0.4, -0.2) is 53.5 Å². The number of aromatic nitrogens is 4. The maximum Gasteiger partial charge on any atom is 0.249 e. The summed E-state index contributed by atoms with van der Waals surface area (Å²) < 4.78 is -0.271. The Labute approximate surface area is 160 Å². The van der Waals surface area contributed by atoms with Gasteiger partial charge in [0.15, 0.2) is 5.82 Å². The molecule has 0 aliphatic carbocycles. The zero-order chi connectivity index (χ0) is 19.2. The molecule has 9 nitrogen and oxygen atoms in total. The summed E-state index contributed by atoms with van der Waals surface area (Å²) in [6.07, 6.45) is 0.202. The quantitative estimate of drug-likeness (QED) is 0.621. The normalized spacial score (nSPS) is 25.8. The molecule has 142 valence electrons. The molecule has 2 amide bonds. The summed E-state index contributed by atoms with van der Waals surface area (Å²) in [7, 11) is 0. The number of amides is 2. The predicted molar refractivity (Wildman–Crippen MR) is 99.2 cm³/mol. The molecule has 2 aliphatic rings. The summed E-state index contributed by atoms with van der Waals surface area (Å²) in [6.45, 7) is 4.47. The second-order valence-electron chi connectivity index (χ2n) is 7.24. The summed E-state index contributed by atoms with van der Waals surface area (Å²) in [6, 6.07) is 6.78. The number of fused-ring (bicyclic) bond motifs is 1. The fourth-order valence-corrected chi connectivity index (χ4v) is 5.44. The summed E-state index contributed by atoms with van der Waals surface area (Å²) in [4.78, 5) is 27.0. The van der Waals surface area contributed by atoms with Gasteiger partial charge in [0.25, 0.3) is 0 Å². The van der Waals surface area contributed by atoms with Crippen LogP contribution in [0.1, 0.15) is 36.8 Å². The van der Waals surface area contributed by atoms with Crippen molar-refractivity contribution in [3.63, 3.8) is 0 Å². The van der Waals surface area contributed by atoms with E-state index in [0.29, 0.717) is 12.4 Å². The summed E-state index contributed by atoms with van der Waals surface area (Å²) in [5, 5.41) is 16.8. The summed E-state index contributed by atoms with van der Waals surface area (Å²) >= 11 is 1.65. The maximum absolute atomic E-state index is 12.7. The van der Waals surface area contributed by atoms with Crippen molar-refractivity contribution in [3.05, 3.63) is 41.2 Å². The maximum atomic E-state index is 12.7. The van der Waals surface area contributed by atoms with Crippen molar-refractivity contribution in [2.45, 2.75) is 49.0 Å². The van der Waals surface area contributed by atoms with Gasteiger partial charge in [-0.3, -0.25) is 9.59 Å². The minimum atomic E-state index is -0.535. The van der Waals surface area contributed by atoms with Crippen LogP contribution in [0.5, 0.6) is 0 Å². The molecule has 0 spiro atoms. The molecule has 3 heterocycles. The molecule has 2 saturated heterocycles. The molecular formula is C17H21N7O2S. The van der Waals surface area contributed by atoms with Gasteiger partial charge < -0.3 is 16.0 Å². The van der Waals surface area contributed by atoms with Gasteiger partial charge in [0.2, 0.25) is 11.8 Å². The van der Waals surface area contributed by atoms with Gasteiger partial charge in [-0.25, -0.2) is 5.10 Å². The Balaban J connectivity index is 1.46. The van der Waals surface area contributed by atoms with Crippen LogP contribution in [0.3, 0.4) is 0 Å². The van der Waals surface area contributed by atoms with Crippen LogP contribution < -0.4 is 11.1 Å². The molecule has 2 aromatic rings. The van der Waals surface area contributed by atoms with Crippen molar-refractivity contribution in [1.82, 2.24) is 30.8 Å². The Bertz CT molecular complexity index is 870. The first-order chi connectivity index (χ1) is 12.9. The summed E-state index contributed by atoms with van der Waals surface area (Å²) in [5.74, 6) is 0.266. The third-order valence-corrected chi connectivity index (χ3v) is 6.64. The number of thioether (sulfide) groups is 1. The zero-order valence-corrected chi connectivity index (χ0v) is 15.9. The Hall–Kier alpha value is -2.46. The van der Waals surface area contributed by atoms with Gasteiger partial charge >= 0.3 is 0 Å². The van der Waals surface area contributed by atoms with Crippen molar-refractivity contribution in [2.24, 2.45) is 5.73 Å². The van der Waals surface area contributed by atoms with Crippen LogP contribution in [0.4, 0.5) is 0 Å². The minimum Gasteiger partial charge on any atom is -0.341 e. The fraction of sp³-hybridized carbons (Fsp3) is 0.471. The average molecular weight is 387 g/mol. The Morgan fingerprint density at radius 2 is 2.11 bits per heavy atom. The van der Waals surface area contributed by atoms with E-state index in [2.05, 4.69) is 25.9 Å². The van der Waals surface area contributed by atoms with E-state index in [1.54, 1.807) is 16.7 Å². The van der Waals surface area contributed by atoms with Crippen LogP contribution in [-0.2, 0) is 22.6 Å². The van der Waals surface area contributed by atoms with Crippen LogP contribution in [0.25, 0.3) is 0 Å². The lowest BCUT2D eigenvalue weighted by Gasteiger charge is -2.44. The topological polar surface area (TPSA) is 130 Å². The molecule has 1 aromatic carbocycles. The number of carbonyl (C=O) groups is 2. The van der Waals surface area contributed by atoms with Crippen LogP contribution in [0.15, 0.2) is 24.3 Å². The lowest BCUT2D eigenvalue weighted by molar-refractivity contribution is -0.151. The van der Waals surface area contributed by atoms with Gasteiger partial charge in [-0.1, -0.05) is 24.3 Å². The first kappa shape index (κ1) is 17.9. The molecule has 0 bridgehead atoms. The largest absolute Gasteiger partial charge is 0.341 e. The minimum absolute atomic E-state index is 0.111. The molecular weight excluding hydrogens is 366 g/mol. The van der Waals surface area contributed by atoms with E-state index >= 15 is 0 Å². The second kappa shape index (κ2) is 6.61. The number of tetrazole rings is 1. The predicted octanol–water partition coefficient (Wildman–Crippen LogP) is 0.121. The number of benzene rings is 1. The number of nitrogens with two attached hydrogens (primary N) is 1. The van der Waals surface area contributed by atoms with Gasteiger partial charge in [-0.15, -0.1) is 16.9 Å². The highest BCUT2D eigenvalue weighted by Gasteiger charge is 2.63. The first-order valence-electron chi connectivity index (χ1n) is 8.72. The van der Waals surface area contributed by atoms with Gasteiger partial charge in [-0.05, 0) is 35.4 Å². The van der Waals surface area contributed by atoms with Crippen LogP contribution in [0, 0.1) is 0 Å². The number of H-pyrrole nitrogens is 1. The van der Waals surface area contributed by atoms with E-state index in [4.69, 9.17) is 5.73 Å². The fourth-order valence-electron chi connectivity index (χ4n) is 3.80. The van der Waals surface area contributed by atoms with Crippen molar-refractivity contribution < 1.29 is 9.59 Å². The van der Waals surface area contributed by atoms with E-state index in [0.717, 1.165) is 11.1 Å². The molecule has 27 heavy (non-hydrogen) atoms. The SMILES string of the molecule is CC1(C)S[C@H]2C(NC(=O)Cc3ccccc3CN)C(=O)N2C1c1nnn[nH]1. The number of aromatic amines is 1. The number of carbonyl (C=O) groups excluding carboxylic acids is 2. The highest BCUT2D eigenvalue weighted by Crippen LogP contribution is 2.56. The van der Waals surface area contributed by atoms with Crippen molar-refractivity contribution >= 4 is 23.6 Å². The van der Waals surface area contributed by atoms with E-state index in [-0.39, 0.29) is 34.4 Å². The smallest absolute Gasteiger partial charge is 0.249 e. The number of β-lactam (4-membered cyclic amide) rings is 1. The molecule has 4 rings (SSSR count). The lowest BCUT2D eigenvalue weighted by atomic mass is 9.95. The molecule has 1 aromatic heterocycles. The molecule has 2 fully saturated rings. The molecule has 0 saturated carbocycles. The number of hydrogen-bond donors (Lipinski definition) is 3. The first-order valence-corrected chi connectivity index (χ1v) is 9.60. The standard InChI is InChI=1S/C17H21N7O2S/c1-17(2)13(14-20-22-23-21-14)24-15(26)12(16(24)27-17)19-11(25)7-9-5-3-4-6-10(9)8-18/h3-6,12-13,16H,7-8,18H2,1-2H3,(H,19,25)(H,20,21,22,23)/t12?,13?,16-/m0/s1. The third kappa shape index (κ3) is 2.98. The van der Waals surface area contributed by atoms with Gasteiger partial charge in [-0.2, -0.15) is 0 Å². The average Bonchev–Trinajstić information content (AvgIpc) is 3.24. The highest BCUT2D eigenvalue weighted by atomic mass is 32.2. The van der Waals surface area contributed by atoms with E-state index in [1.165, 1.54) is 0 Å². The zero-order valence-electron chi connectivity index (χ0n) is 15.0. The van der Waals surface area contributed by atoms with Crippen molar-refractivity contribution in [2.75, 3.05) is 0 Å². The Kier molecular flexibility index (Phi) is 4.39. The molecule has 4 N–H and O–H groups in total. The monoisotopic (exact) mass is 387 g/mol. The molecule has 2 unspecified atom stereocenters. The summed E-state index contributed by atoms with van der Waals surface area (Å²) in [5.41, 5.74) is 7.55. The van der Waals surface area contributed by atoms with Gasteiger partial charge in [0.1, 0.15) is 17.5 Å². The number of nitrogens with zero attached hydrogens (tertiary/aromatic N) is 4. The van der Waals surface area contributed by atoms with Crippen LogP contribution >= 0.6 is 11.8 Å². The molecule has 2 aliphatic heterocycles. The van der Waals surface area contributed by atoms with E-state index in [1.807, 2.05) is 38.1 Å². The van der Waals surface area contributed by atoms with Gasteiger partial charge in [0, 0.05) is 11.3 Å². The molecule has 3 atom stereocenters. The highest BCUT2D eigenvalue weighted by molar-refractivity contribution is 8.01. The van der Waals surface area contributed by atoms with E-state index < -0.39 is 6.04 Å². The van der Waals surface area contributed by atoms with Crippen molar-refractivity contribution in [1.29, 1.82) is 0 Å². The third-order valence-electron chi connectivity index (χ3n) is 5.07. The van der Waals surface area contributed by atoms with E-state index in [9.17, 15) is 9.59 Å². The van der Waals surface area contributed by atoms with Crippen LogP contribution in [0.2, 0.25) is 0 Å². The number of hydrogen-bond acceptors (Lipinski definition) is 7. The lowest BCUT2D eigenvalue weighted by Crippen LogP contribution is -2.68. The molecule has 0 radical (unpaired) electrons. The second-order valence-corrected chi connectivity index (χ2v) is 9.01. The van der Waals surface area contributed by atoms with Crippen molar-refractivity contribution in [3.8, 4) is 0 Å². The Morgan fingerprint density at radius 1 is 1.37 bits per heavy atom. The number of nitrogens with one attached hydrogen (secondary N) is 2. The number of rotatable bonds is 5. The van der Waals surface area contributed by atoms with Gasteiger partial charge in [0.05, 0.1) is 6.42 Å². The Morgan fingerprint density at radius 3 is 2.78 bits per heavy atom. The molecule has 10 heteroatoms.